The molecular formula is C21H27F2N3O3. The third-order valence-electron chi connectivity index (χ3n) is 6.74. The van der Waals surface area contributed by atoms with Crippen molar-refractivity contribution in [2.45, 2.75) is 64.3 Å². The van der Waals surface area contributed by atoms with Crippen LogP contribution in [0.2, 0.25) is 0 Å². The third kappa shape index (κ3) is 3.75. The van der Waals surface area contributed by atoms with E-state index in [-0.39, 0.29) is 12.1 Å². The topological polar surface area (TPSA) is 67.6 Å². The van der Waals surface area contributed by atoms with Crippen molar-refractivity contribution in [1.82, 2.24) is 14.5 Å². The molecule has 0 unspecified atom stereocenters. The van der Waals surface area contributed by atoms with Crippen molar-refractivity contribution in [3.05, 3.63) is 29.6 Å². The molecule has 1 aliphatic carbocycles. The fourth-order valence-electron chi connectivity index (χ4n) is 5.19. The first-order valence-electron chi connectivity index (χ1n) is 10.2. The van der Waals surface area contributed by atoms with Crippen LogP contribution < -0.4 is 0 Å². The predicted molar refractivity (Wildman–Crippen MR) is 104 cm³/mol. The molecule has 1 atom stereocenters. The van der Waals surface area contributed by atoms with E-state index in [4.69, 9.17) is 0 Å². The van der Waals surface area contributed by atoms with Crippen LogP contribution in [0.25, 0.3) is 11.0 Å². The van der Waals surface area contributed by atoms with Crippen molar-refractivity contribution in [2.75, 3.05) is 13.1 Å². The number of fused-ring (bicyclic) bond motifs is 1. The monoisotopic (exact) mass is 407 g/mol. The zero-order valence-corrected chi connectivity index (χ0v) is 16.7. The molecule has 1 saturated heterocycles. The highest BCUT2D eigenvalue weighted by molar-refractivity contribution is 6.04. The molecule has 2 fully saturated rings. The van der Waals surface area contributed by atoms with E-state index in [1.807, 2.05) is 13.0 Å². The minimum absolute atomic E-state index is 0.146. The Bertz CT molecular complexity index is 887. The molecule has 3 heterocycles. The minimum Gasteiger partial charge on any atom is -0.478 e. The Morgan fingerprint density at radius 1 is 1.28 bits per heavy atom. The molecule has 29 heavy (non-hydrogen) atoms. The molecule has 1 saturated carbocycles. The number of carboxylic acids is 1. The highest BCUT2D eigenvalue weighted by Crippen LogP contribution is 2.39. The summed E-state index contributed by atoms with van der Waals surface area (Å²) in [6.45, 7) is 2.48. The van der Waals surface area contributed by atoms with Crippen LogP contribution in [0.5, 0.6) is 0 Å². The average molecular weight is 407 g/mol. The van der Waals surface area contributed by atoms with E-state index in [0.717, 1.165) is 37.0 Å². The van der Waals surface area contributed by atoms with Gasteiger partial charge in [0.1, 0.15) is 5.65 Å². The molecule has 2 aromatic heterocycles. The number of hydrogen-bond donors (Lipinski definition) is 1. The number of ether oxygens (including phenoxy) is 1. The summed E-state index contributed by atoms with van der Waals surface area (Å²) in [6, 6.07) is 4.16. The maximum Gasteiger partial charge on any atom is 0.345 e. The van der Waals surface area contributed by atoms with Gasteiger partial charge in [0.15, 0.2) is 0 Å². The van der Waals surface area contributed by atoms with E-state index in [0.29, 0.717) is 36.0 Å². The molecule has 4 rings (SSSR count). The van der Waals surface area contributed by atoms with E-state index in [9.17, 15) is 18.7 Å². The first-order valence-corrected chi connectivity index (χ1v) is 10.2. The first-order chi connectivity index (χ1) is 13.9. The summed E-state index contributed by atoms with van der Waals surface area (Å²) in [5.74, 6) is -0.493. The van der Waals surface area contributed by atoms with Gasteiger partial charge in [-0.3, -0.25) is 4.90 Å². The second kappa shape index (κ2) is 7.99. The molecule has 0 radical (unpaired) electrons. The average Bonchev–Trinajstić information content (AvgIpc) is 2.95. The van der Waals surface area contributed by atoms with Crippen molar-refractivity contribution in [2.24, 2.45) is 5.92 Å². The lowest BCUT2D eigenvalue weighted by atomic mass is 9.80. The fourth-order valence-corrected chi connectivity index (χ4v) is 5.19. The second-order valence-corrected chi connectivity index (χ2v) is 8.29. The van der Waals surface area contributed by atoms with Crippen LogP contribution in [-0.4, -0.2) is 57.4 Å². The highest BCUT2D eigenvalue weighted by atomic mass is 19.3. The lowest BCUT2D eigenvalue weighted by Crippen LogP contribution is -2.57. The van der Waals surface area contributed by atoms with Gasteiger partial charge in [-0.15, -0.1) is 0 Å². The molecule has 6 nitrogen and oxygen atoms in total. The zero-order valence-electron chi connectivity index (χ0n) is 16.7. The molecule has 2 aliphatic rings. The van der Waals surface area contributed by atoms with Crippen LogP contribution in [0.4, 0.5) is 8.78 Å². The van der Waals surface area contributed by atoms with E-state index < -0.39 is 12.6 Å². The summed E-state index contributed by atoms with van der Waals surface area (Å²) >= 11 is 0. The second-order valence-electron chi connectivity index (χ2n) is 8.29. The summed E-state index contributed by atoms with van der Waals surface area (Å²) in [4.78, 5) is 18.5. The number of pyridine rings is 1. The SMILES string of the molecule is Cc1c(C(=O)O)c2cccnc2n1[C@H](C)C1CCC(N2CC(OC(F)F)C2)CC1. The summed E-state index contributed by atoms with van der Waals surface area (Å²) in [6.07, 6.45) is 5.45. The van der Waals surface area contributed by atoms with E-state index >= 15 is 0 Å². The maximum atomic E-state index is 12.3. The number of carboxylic acid groups (broad SMARTS) is 1. The largest absolute Gasteiger partial charge is 0.478 e. The summed E-state index contributed by atoms with van der Waals surface area (Å²) < 4.78 is 31.2. The lowest BCUT2D eigenvalue weighted by Gasteiger charge is -2.46. The number of rotatable bonds is 6. The predicted octanol–water partition coefficient (Wildman–Crippen LogP) is 4.09. The fraction of sp³-hybridized carbons (Fsp3) is 0.619. The van der Waals surface area contributed by atoms with Crippen LogP contribution in [-0.2, 0) is 4.74 Å². The van der Waals surface area contributed by atoms with Crippen LogP contribution in [0.3, 0.4) is 0 Å². The third-order valence-corrected chi connectivity index (χ3v) is 6.74. The summed E-state index contributed by atoms with van der Waals surface area (Å²) in [5.41, 5.74) is 1.81. The van der Waals surface area contributed by atoms with Gasteiger partial charge < -0.3 is 14.4 Å². The number of alkyl halides is 2. The quantitative estimate of drug-likeness (QED) is 0.781. The van der Waals surface area contributed by atoms with Gasteiger partial charge >= 0.3 is 12.6 Å². The Morgan fingerprint density at radius 2 is 1.97 bits per heavy atom. The molecule has 1 N–H and O–H groups in total. The Labute approximate surface area is 168 Å². The van der Waals surface area contributed by atoms with Crippen molar-refractivity contribution >= 4 is 17.0 Å². The van der Waals surface area contributed by atoms with Gasteiger partial charge in [-0.1, -0.05) is 0 Å². The van der Waals surface area contributed by atoms with E-state index in [1.54, 1.807) is 12.3 Å². The molecule has 0 bridgehead atoms. The van der Waals surface area contributed by atoms with Crippen molar-refractivity contribution in [3.8, 4) is 0 Å². The van der Waals surface area contributed by atoms with Gasteiger partial charge in [-0.05, 0) is 57.6 Å². The number of carbonyl (C=O) groups is 1. The zero-order chi connectivity index (χ0) is 20.7. The summed E-state index contributed by atoms with van der Waals surface area (Å²) in [5, 5.41) is 10.4. The normalized spacial score (nSPS) is 24.7. The van der Waals surface area contributed by atoms with Crippen molar-refractivity contribution < 1.29 is 23.4 Å². The highest BCUT2D eigenvalue weighted by Gasteiger charge is 2.37. The van der Waals surface area contributed by atoms with Crippen molar-refractivity contribution in [3.63, 3.8) is 0 Å². The van der Waals surface area contributed by atoms with Crippen LogP contribution in [0.1, 0.15) is 54.7 Å². The molecule has 0 amide bonds. The number of aromatic carboxylic acids is 1. The minimum atomic E-state index is -2.69. The van der Waals surface area contributed by atoms with Crippen LogP contribution >= 0.6 is 0 Å². The Balaban J connectivity index is 1.44. The van der Waals surface area contributed by atoms with Gasteiger partial charge in [-0.25, -0.2) is 9.78 Å². The molecule has 1 aliphatic heterocycles. The smallest absolute Gasteiger partial charge is 0.345 e. The Morgan fingerprint density at radius 3 is 2.59 bits per heavy atom. The Hall–Kier alpha value is -2.06. The van der Waals surface area contributed by atoms with Crippen molar-refractivity contribution in [1.29, 1.82) is 0 Å². The number of nitrogens with zero attached hydrogens (tertiary/aromatic N) is 3. The number of hydrogen-bond acceptors (Lipinski definition) is 4. The molecule has 158 valence electrons. The Kier molecular flexibility index (Phi) is 5.57. The number of aromatic nitrogens is 2. The molecule has 8 heteroatoms. The van der Waals surface area contributed by atoms with Gasteiger partial charge in [0, 0.05) is 42.5 Å². The standard InChI is InChI=1S/C21H27F2N3O3/c1-12(26-13(2)18(20(27)28)17-4-3-9-24-19(17)26)14-5-7-15(8-6-14)25-10-16(11-25)29-21(22)23/h3-4,9,12,14-16,21H,5-8,10-11H2,1-2H3,(H,27,28)/t12-,14?,15?/m1/s1. The number of halogens is 2. The number of likely N-dealkylation sites (tertiary alicyclic amines) is 1. The van der Waals surface area contributed by atoms with E-state index in [2.05, 4.69) is 26.1 Å². The van der Waals surface area contributed by atoms with Gasteiger partial charge in [-0.2, -0.15) is 8.78 Å². The lowest BCUT2D eigenvalue weighted by molar-refractivity contribution is -0.202. The van der Waals surface area contributed by atoms with Gasteiger partial charge in [0.05, 0.1) is 11.7 Å². The molecule has 0 spiro atoms. The van der Waals surface area contributed by atoms with Gasteiger partial charge in [0.2, 0.25) is 0 Å². The molecule has 2 aromatic rings. The molecule has 0 aromatic carbocycles. The maximum absolute atomic E-state index is 12.3. The molecular weight excluding hydrogens is 380 g/mol. The van der Waals surface area contributed by atoms with Crippen LogP contribution in [0.15, 0.2) is 18.3 Å². The summed E-state index contributed by atoms with van der Waals surface area (Å²) in [7, 11) is 0. The first kappa shape index (κ1) is 20.2. The van der Waals surface area contributed by atoms with E-state index in [1.165, 1.54) is 0 Å². The van der Waals surface area contributed by atoms with Crippen LogP contribution in [0, 0.1) is 12.8 Å². The van der Waals surface area contributed by atoms with Gasteiger partial charge in [0.25, 0.3) is 0 Å².